The van der Waals surface area contributed by atoms with Crippen LogP contribution in [0.1, 0.15) is 42.6 Å². The molecule has 0 aliphatic carbocycles. The molecule has 1 aliphatic heterocycles. The molecule has 1 fully saturated rings. The standard InChI is InChI=1S/C30H35Br2N3O2/c1-4-34(5-2)30(36)23-11-13-24(14-12-23)35(28-20-29(37-3)27(32)19-26(28)31)25-15-17-33(18-16-25)21-22-9-7-6-8-10-22/h6-14,19-20,25H,4-5,15-18,21H2,1-3H3. The molecule has 37 heavy (non-hydrogen) atoms. The number of methoxy groups -OCH3 is 1. The Balaban J connectivity index is 1.62. The molecule has 7 heteroatoms. The first-order chi connectivity index (χ1) is 17.9. The third-order valence-corrected chi connectivity index (χ3v) is 8.35. The number of ether oxygens (including phenoxy) is 1. The average Bonchev–Trinajstić information content (AvgIpc) is 2.92. The second-order valence-corrected chi connectivity index (χ2v) is 11.0. The summed E-state index contributed by atoms with van der Waals surface area (Å²) in [7, 11) is 1.69. The quantitative estimate of drug-likeness (QED) is 0.246. The maximum atomic E-state index is 12.9. The molecule has 0 bridgehead atoms. The summed E-state index contributed by atoms with van der Waals surface area (Å²) < 4.78 is 7.55. The summed E-state index contributed by atoms with van der Waals surface area (Å²) >= 11 is 7.42. The predicted octanol–water partition coefficient (Wildman–Crippen LogP) is 7.50. The van der Waals surface area contributed by atoms with Crippen LogP contribution in [0.4, 0.5) is 11.4 Å². The third-order valence-electron chi connectivity index (χ3n) is 7.10. The second kappa shape index (κ2) is 12.9. The van der Waals surface area contributed by atoms with Crippen LogP contribution in [-0.4, -0.2) is 55.0 Å². The van der Waals surface area contributed by atoms with E-state index in [2.05, 4.69) is 90.2 Å². The number of amides is 1. The minimum atomic E-state index is 0.0730. The van der Waals surface area contributed by atoms with E-state index in [1.807, 2.05) is 36.9 Å². The first-order valence-electron chi connectivity index (χ1n) is 12.9. The summed E-state index contributed by atoms with van der Waals surface area (Å²) in [4.78, 5) is 19.7. The van der Waals surface area contributed by atoms with E-state index in [9.17, 15) is 4.79 Å². The molecule has 0 N–H and O–H groups in total. The summed E-state index contributed by atoms with van der Waals surface area (Å²) in [5, 5.41) is 0. The zero-order valence-electron chi connectivity index (χ0n) is 21.8. The van der Waals surface area contributed by atoms with Gasteiger partial charge in [0.1, 0.15) is 5.75 Å². The number of carbonyl (C=O) groups is 1. The van der Waals surface area contributed by atoms with Crippen molar-refractivity contribution in [1.29, 1.82) is 0 Å². The van der Waals surface area contributed by atoms with Crippen LogP contribution >= 0.6 is 31.9 Å². The van der Waals surface area contributed by atoms with Gasteiger partial charge >= 0.3 is 0 Å². The first-order valence-corrected chi connectivity index (χ1v) is 14.5. The van der Waals surface area contributed by atoms with Crippen LogP contribution in [0.15, 0.2) is 75.7 Å². The Kier molecular flexibility index (Phi) is 9.68. The zero-order valence-corrected chi connectivity index (χ0v) is 25.0. The van der Waals surface area contributed by atoms with Crippen molar-refractivity contribution in [3.63, 3.8) is 0 Å². The van der Waals surface area contributed by atoms with Crippen LogP contribution in [-0.2, 0) is 6.54 Å². The molecule has 4 rings (SSSR count). The van der Waals surface area contributed by atoms with E-state index >= 15 is 0 Å². The van der Waals surface area contributed by atoms with Gasteiger partial charge in [0.25, 0.3) is 5.91 Å². The van der Waals surface area contributed by atoms with Crippen molar-refractivity contribution in [2.24, 2.45) is 0 Å². The summed E-state index contributed by atoms with van der Waals surface area (Å²) in [6, 6.07) is 23.2. The lowest BCUT2D eigenvalue weighted by Crippen LogP contribution is -2.43. The highest BCUT2D eigenvalue weighted by Gasteiger charge is 2.28. The molecule has 5 nitrogen and oxygen atoms in total. The van der Waals surface area contributed by atoms with Gasteiger partial charge in [-0.3, -0.25) is 9.69 Å². The van der Waals surface area contributed by atoms with Crippen LogP contribution in [0.3, 0.4) is 0 Å². The number of hydrogen-bond donors (Lipinski definition) is 0. The Morgan fingerprint density at radius 2 is 1.59 bits per heavy atom. The SMILES string of the molecule is CCN(CC)C(=O)c1ccc(N(c2cc(OC)c(Br)cc2Br)C2CCN(Cc3ccccc3)CC2)cc1. The summed E-state index contributed by atoms with van der Waals surface area (Å²) in [6.45, 7) is 8.47. The van der Waals surface area contributed by atoms with Crippen molar-refractivity contribution < 1.29 is 9.53 Å². The molecule has 0 atom stereocenters. The van der Waals surface area contributed by atoms with Crippen molar-refractivity contribution >= 4 is 49.1 Å². The topological polar surface area (TPSA) is 36.0 Å². The van der Waals surface area contributed by atoms with Gasteiger partial charge in [-0.25, -0.2) is 0 Å². The Bertz CT molecular complexity index is 1180. The molecule has 1 saturated heterocycles. The lowest BCUT2D eigenvalue weighted by atomic mass is 10.00. The van der Waals surface area contributed by atoms with Gasteiger partial charge in [-0.1, -0.05) is 30.3 Å². The number of benzene rings is 3. The van der Waals surface area contributed by atoms with Gasteiger partial charge in [0, 0.05) is 60.6 Å². The molecule has 0 unspecified atom stereocenters. The molecule has 1 aliphatic rings. The normalized spacial score (nSPS) is 14.4. The molecule has 0 spiro atoms. The fraction of sp³-hybridized carbons (Fsp3) is 0.367. The molecule has 0 saturated carbocycles. The lowest BCUT2D eigenvalue weighted by molar-refractivity contribution is 0.0773. The average molecular weight is 629 g/mol. The number of rotatable bonds is 9. The number of piperidine rings is 1. The molecule has 0 aromatic heterocycles. The van der Waals surface area contributed by atoms with Crippen molar-refractivity contribution in [1.82, 2.24) is 9.80 Å². The molecular weight excluding hydrogens is 594 g/mol. The number of likely N-dealkylation sites (tertiary alicyclic amines) is 1. The Hall–Kier alpha value is -2.35. The molecule has 196 valence electrons. The smallest absolute Gasteiger partial charge is 0.253 e. The Labute approximate surface area is 237 Å². The van der Waals surface area contributed by atoms with Crippen LogP contribution in [0.25, 0.3) is 0 Å². The summed E-state index contributed by atoms with van der Waals surface area (Å²) in [5.41, 5.74) is 4.20. The zero-order chi connectivity index (χ0) is 26.4. The minimum Gasteiger partial charge on any atom is -0.495 e. The van der Waals surface area contributed by atoms with E-state index in [-0.39, 0.29) is 5.91 Å². The van der Waals surface area contributed by atoms with Crippen molar-refractivity contribution in [3.05, 3.63) is 86.8 Å². The number of halogens is 2. The Morgan fingerprint density at radius 3 is 2.19 bits per heavy atom. The molecular formula is C30H35Br2N3O2. The maximum absolute atomic E-state index is 12.9. The molecule has 3 aromatic rings. The van der Waals surface area contributed by atoms with Crippen molar-refractivity contribution in [2.45, 2.75) is 39.3 Å². The predicted molar refractivity (Wildman–Crippen MR) is 159 cm³/mol. The van der Waals surface area contributed by atoms with Crippen LogP contribution < -0.4 is 9.64 Å². The largest absolute Gasteiger partial charge is 0.495 e. The van der Waals surface area contributed by atoms with E-state index in [1.54, 1.807) is 7.11 Å². The third kappa shape index (κ3) is 6.57. The van der Waals surface area contributed by atoms with E-state index in [0.29, 0.717) is 19.1 Å². The van der Waals surface area contributed by atoms with E-state index in [4.69, 9.17) is 4.74 Å². The molecule has 3 aromatic carbocycles. The van der Waals surface area contributed by atoms with Crippen molar-refractivity contribution in [2.75, 3.05) is 38.2 Å². The number of anilines is 2. The lowest BCUT2D eigenvalue weighted by Gasteiger charge is -2.40. The van der Waals surface area contributed by atoms with Crippen molar-refractivity contribution in [3.8, 4) is 5.75 Å². The highest BCUT2D eigenvalue weighted by atomic mass is 79.9. The minimum absolute atomic E-state index is 0.0730. The Morgan fingerprint density at radius 1 is 0.946 bits per heavy atom. The van der Waals surface area contributed by atoms with Gasteiger partial charge in [0.05, 0.1) is 17.3 Å². The highest BCUT2D eigenvalue weighted by Crippen LogP contribution is 2.42. The van der Waals surface area contributed by atoms with Crippen LogP contribution in [0, 0.1) is 0 Å². The number of hydrogen-bond acceptors (Lipinski definition) is 4. The molecule has 1 amide bonds. The summed E-state index contributed by atoms with van der Waals surface area (Å²) in [6.07, 6.45) is 2.08. The second-order valence-electron chi connectivity index (χ2n) is 9.33. The van der Waals surface area contributed by atoms with Gasteiger partial charge in [-0.05, 0) is 94.4 Å². The van der Waals surface area contributed by atoms with Gasteiger partial charge in [-0.15, -0.1) is 0 Å². The van der Waals surface area contributed by atoms with Gasteiger partial charge in [-0.2, -0.15) is 0 Å². The van der Waals surface area contributed by atoms with Crippen LogP contribution in [0.2, 0.25) is 0 Å². The van der Waals surface area contributed by atoms with Crippen LogP contribution in [0.5, 0.6) is 5.75 Å². The molecule has 1 heterocycles. The fourth-order valence-corrected chi connectivity index (χ4v) is 6.39. The summed E-state index contributed by atoms with van der Waals surface area (Å²) in [5.74, 6) is 0.863. The van der Waals surface area contributed by atoms with E-state index in [1.165, 1.54) is 5.56 Å². The fourth-order valence-electron chi connectivity index (χ4n) is 5.04. The van der Waals surface area contributed by atoms with E-state index in [0.717, 1.165) is 64.1 Å². The number of carbonyl (C=O) groups excluding carboxylic acids is 1. The first kappa shape index (κ1) is 27.7. The maximum Gasteiger partial charge on any atom is 0.253 e. The van der Waals surface area contributed by atoms with Gasteiger partial charge < -0.3 is 14.5 Å². The number of nitrogens with zero attached hydrogens (tertiary/aromatic N) is 3. The van der Waals surface area contributed by atoms with Gasteiger partial charge in [0.2, 0.25) is 0 Å². The van der Waals surface area contributed by atoms with E-state index < -0.39 is 0 Å². The molecule has 0 radical (unpaired) electrons. The van der Waals surface area contributed by atoms with Gasteiger partial charge in [0.15, 0.2) is 0 Å². The highest BCUT2D eigenvalue weighted by molar-refractivity contribution is 9.11. The monoisotopic (exact) mass is 627 g/mol.